The van der Waals surface area contributed by atoms with Gasteiger partial charge in [-0.2, -0.15) is 0 Å². The molecule has 1 amide bonds. The molecular weight excluding hydrogens is 306 g/mol. The number of anilines is 1. The number of carbonyl (C=O) groups is 2. The third-order valence-corrected chi connectivity index (χ3v) is 3.42. The van der Waals surface area contributed by atoms with Gasteiger partial charge in [0.2, 0.25) is 0 Å². The monoisotopic (exact) mass is 327 g/mol. The van der Waals surface area contributed by atoms with Crippen molar-refractivity contribution >= 4 is 17.6 Å². The Kier molecular flexibility index (Phi) is 6.37. The lowest BCUT2D eigenvalue weighted by Gasteiger charge is -2.09. The van der Waals surface area contributed by atoms with Crippen molar-refractivity contribution in [1.82, 2.24) is 0 Å². The maximum Gasteiger partial charge on any atom is 0.344 e. The molecule has 2 rings (SSSR count). The molecule has 0 spiro atoms. The zero-order valence-electron chi connectivity index (χ0n) is 13.9. The molecule has 0 fully saturated rings. The maximum atomic E-state index is 11.8. The van der Waals surface area contributed by atoms with Crippen LogP contribution in [0.3, 0.4) is 0 Å². The number of ether oxygens (including phenoxy) is 2. The van der Waals surface area contributed by atoms with E-state index in [4.69, 9.17) is 9.47 Å². The second kappa shape index (κ2) is 8.72. The van der Waals surface area contributed by atoms with E-state index in [1.807, 2.05) is 50.2 Å². The first-order chi connectivity index (χ1) is 11.6. The number of amides is 1. The summed E-state index contributed by atoms with van der Waals surface area (Å²) in [7, 11) is 0. The molecule has 126 valence electrons. The smallest absolute Gasteiger partial charge is 0.344 e. The first-order valence-corrected chi connectivity index (χ1v) is 7.81. The number of hydrogen-bond donors (Lipinski definition) is 1. The number of nitrogens with one attached hydrogen (secondary N) is 1. The predicted octanol–water partition coefficient (Wildman–Crippen LogP) is 3.12. The highest BCUT2D eigenvalue weighted by atomic mass is 16.6. The average molecular weight is 327 g/mol. The quantitative estimate of drug-likeness (QED) is 0.794. The van der Waals surface area contributed by atoms with E-state index in [9.17, 15) is 9.59 Å². The van der Waals surface area contributed by atoms with Gasteiger partial charge in [0.1, 0.15) is 5.75 Å². The van der Waals surface area contributed by atoms with Gasteiger partial charge in [-0.05, 0) is 42.7 Å². The van der Waals surface area contributed by atoms with Gasteiger partial charge in [0.15, 0.2) is 13.2 Å². The van der Waals surface area contributed by atoms with E-state index in [-0.39, 0.29) is 19.1 Å². The first-order valence-electron chi connectivity index (χ1n) is 7.81. The van der Waals surface area contributed by atoms with Crippen LogP contribution in [0, 0.1) is 6.92 Å². The van der Waals surface area contributed by atoms with E-state index in [1.54, 1.807) is 12.1 Å². The lowest BCUT2D eigenvalue weighted by molar-refractivity contribution is -0.149. The Hall–Kier alpha value is -2.82. The van der Waals surface area contributed by atoms with Crippen molar-refractivity contribution in [2.45, 2.75) is 20.3 Å². The third-order valence-electron chi connectivity index (χ3n) is 3.42. The molecule has 0 unspecified atom stereocenters. The van der Waals surface area contributed by atoms with E-state index in [0.717, 1.165) is 17.5 Å². The van der Waals surface area contributed by atoms with Crippen molar-refractivity contribution < 1.29 is 19.1 Å². The van der Waals surface area contributed by atoms with Crippen LogP contribution in [-0.4, -0.2) is 25.1 Å². The number of para-hydroxylation sites is 1. The van der Waals surface area contributed by atoms with Crippen molar-refractivity contribution in [1.29, 1.82) is 0 Å². The van der Waals surface area contributed by atoms with Gasteiger partial charge < -0.3 is 14.8 Å². The number of hydrogen-bond acceptors (Lipinski definition) is 4. The summed E-state index contributed by atoms with van der Waals surface area (Å²) in [5.74, 6) is -0.349. The molecule has 2 aromatic rings. The Balaban J connectivity index is 1.75. The SMILES string of the molecule is CCc1cccc(NC(=O)COC(=O)COc2ccccc2C)c1. The molecule has 0 aliphatic heterocycles. The molecule has 0 saturated heterocycles. The second-order valence-corrected chi connectivity index (χ2v) is 5.32. The van der Waals surface area contributed by atoms with Gasteiger partial charge >= 0.3 is 5.97 Å². The Labute approximate surface area is 141 Å². The van der Waals surface area contributed by atoms with Crippen LogP contribution in [0.1, 0.15) is 18.1 Å². The average Bonchev–Trinajstić information content (AvgIpc) is 2.59. The highest BCUT2D eigenvalue weighted by Crippen LogP contribution is 2.16. The van der Waals surface area contributed by atoms with Gasteiger partial charge in [-0.25, -0.2) is 4.79 Å². The molecule has 0 aliphatic carbocycles. The van der Waals surface area contributed by atoms with Gasteiger partial charge in [-0.15, -0.1) is 0 Å². The van der Waals surface area contributed by atoms with Crippen LogP contribution in [0.5, 0.6) is 5.75 Å². The fourth-order valence-corrected chi connectivity index (χ4v) is 2.11. The number of benzene rings is 2. The molecule has 0 atom stereocenters. The Morgan fingerprint density at radius 1 is 1.04 bits per heavy atom. The molecule has 0 bridgehead atoms. The number of esters is 1. The molecule has 24 heavy (non-hydrogen) atoms. The van der Waals surface area contributed by atoms with Crippen LogP contribution in [-0.2, 0) is 20.7 Å². The largest absolute Gasteiger partial charge is 0.482 e. The van der Waals surface area contributed by atoms with Crippen LogP contribution in [0.2, 0.25) is 0 Å². The minimum Gasteiger partial charge on any atom is -0.482 e. The molecule has 0 saturated carbocycles. The highest BCUT2D eigenvalue weighted by Gasteiger charge is 2.09. The summed E-state index contributed by atoms with van der Waals surface area (Å²) in [5, 5.41) is 2.70. The third kappa shape index (κ3) is 5.43. The molecule has 5 nitrogen and oxygen atoms in total. The fourth-order valence-electron chi connectivity index (χ4n) is 2.11. The van der Waals surface area contributed by atoms with Crippen LogP contribution in [0.15, 0.2) is 48.5 Å². The molecule has 0 aliphatic rings. The van der Waals surface area contributed by atoms with Gasteiger partial charge in [-0.1, -0.05) is 37.3 Å². The van der Waals surface area contributed by atoms with Gasteiger partial charge in [-0.3, -0.25) is 4.79 Å². The summed E-state index contributed by atoms with van der Waals surface area (Å²) in [5.41, 5.74) is 2.74. The minimum atomic E-state index is -0.587. The Morgan fingerprint density at radius 2 is 1.83 bits per heavy atom. The number of rotatable bonds is 7. The van der Waals surface area contributed by atoms with Crippen molar-refractivity contribution in [2.75, 3.05) is 18.5 Å². The lowest BCUT2D eigenvalue weighted by atomic mass is 10.1. The molecular formula is C19H21NO4. The molecule has 5 heteroatoms. The topological polar surface area (TPSA) is 64.6 Å². The highest BCUT2D eigenvalue weighted by molar-refractivity contribution is 5.92. The zero-order valence-corrected chi connectivity index (χ0v) is 13.9. The molecule has 0 heterocycles. The van der Waals surface area contributed by atoms with Crippen molar-refractivity contribution in [3.05, 3.63) is 59.7 Å². The van der Waals surface area contributed by atoms with Gasteiger partial charge in [0.05, 0.1) is 0 Å². The standard InChI is InChI=1S/C19H21NO4/c1-3-15-8-6-9-16(11-15)20-18(21)12-24-19(22)13-23-17-10-5-4-7-14(17)2/h4-11H,3,12-13H2,1-2H3,(H,20,21). The summed E-state index contributed by atoms with van der Waals surface area (Å²) < 4.78 is 10.3. The van der Waals surface area contributed by atoms with Crippen molar-refractivity contribution in [3.8, 4) is 5.75 Å². The van der Waals surface area contributed by atoms with E-state index < -0.39 is 5.97 Å². The van der Waals surface area contributed by atoms with E-state index in [1.165, 1.54) is 0 Å². The summed E-state index contributed by atoms with van der Waals surface area (Å²) in [6, 6.07) is 14.9. The summed E-state index contributed by atoms with van der Waals surface area (Å²) in [4.78, 5) is 23.5. The Morgan fingerprint density at radius 3 is 2.58 bits per heavy atom. The summed E-state index contributed by atoms with van der Waals surface area (Å²) >= 11 is 0. The van der Waals surface area contributed by atoms with E-state index in [2.05, 4.69) is 5.32 Å². The summed E-state index contributed by atoms with van der Waals surface area (Å²) in [6.07, 6.45) is 0.884. The lowest BCUT2D eigenvalue weighted by Crippen LogP contribution is -2.23. The molecule has 1 N–H and O–H groups in total. The van der Waals surface area contributed by atoms with Crippen molar-refractivity contribution in [3.63, 3.8) is 0 Å². The van der Waals surface area contributed by atoms with Crippen LogP contribution >= 0.6 is 0 Å². The zero-order chi connectivity index (χ0) is 17.4. The Bertz CT molecular complexity index is 712. The molecule has 0 radical (unpaired) electrons. The predicted molar refractivity (Wildman–Crippen MR) is 92.1 cm³/mol. The van der Waals surface area contributed by atoms with E-state index in [0.29, 0.717) is 11.4 Å². The van der Waals surface area contributed by atoms with Crippen LogP contribution in [0.4, 0.5) is 5.69 Å². The number of carbonyl (C=O) groups excluding carboxylic acids is 2. The van der Waals surface area contributed by atoms with E-state index >= 15 is 0 Å². The normalized spacial score (nSPS) is 10.1. The van der Waals surface area contributed by atoms with Crippen molar-refractivity contribution in [2.24, 2.45) is 0 Å². The maximum absolute atomic E-state index is 11.8. The molecule has 0 aromatic heterocycles. The van der Waals surface area contributed by atoms with Crippen LogP contribution < -0.4 is 10.1 Å². The second-order valence-electron chi connectivity index (χ2n) is 5.32. The minimum absolute atomic E-state index is 0.233. The number of aryl methyl sites for hydroxylation is 2. The van der Waals surface area contributed by atoms with Gasteiger partial charge in [0.25, 0.3) is 5.91 Å². The first kappa shape index (κ1) is 17.5. The van der Waals surface area contributed by atoms with Gasteiger partial charge in [0, 0.05) is 5.69 Å². The molecule has 2 aromatic carbocycles. The summed E-state index contributed by atoms with van der Waals surface area (Å²) in [6.45, 7) is 3.35. The van der Waals surface area contributed by atoms with Crippen LogP contribution in [0.25, 0.3) is 0 Å². The fraction of sp³-hybridized carbons (Fsp3) is 0.263.